The number of piperazine rings is 1. The summed E-state index contributed by atoms with van der Waals surface area (Å²) in [4.78, 5) is 21.2. The van der Waals surface area contributed by atoms with Crippen LogP contribution in [0.3, 0.4) is 0 Å². The first-order chi connectivity index (χ1) is 17.2. The fourth-order valence-electron chi connectivity index (χ4n) is 4.83. The maximum absolute atomic E-state index is 12.0. The van der Waals surface area contributed by atoms with E-state index in [1.807, 2.05) is 30.1 Å². The Hall–Kier alpha value is -3.90. The molecular formula is C29H31N5O. The van der Waals surface area contributed by atoms with Gasteiger partial charge in [-0.1, -0.05) is 67.6 Å². The highest BCUT2D eigenvalue weighted by atomic mass is 16.1. The summed E-state index contributed by atoms with van der Waals surface area (Å²) in [5, 5.41) is 3.01. The standard InChI is InChI=1S/C29H31N5O/c1-2-28(35)31-25-13-14-26(34-16-15-30-22-34)27(21-25)32-17-19-33(20-18-32)29(23-9-5-3-6-10-23)24-11-7-4-8-12-24/h3-16,21-22,29H,2,17-20H2,1H3,(H,31,35). The minimum Gasteiger partial charge on any atom is -0.367 e. The van der Waals surface area contributed by atoms with Gasteiger partial charge in [0.2, 0.25) is 5.91 Å². The van der Waals surface area contributed by atoms with E-state index in [-0.39, 0.29) is 11.9 Å². The van der Waals surface area contributed by atoms with Crippen LogP contribution in [-0.4, -0.2) is 46.5 Å². The van der Waals surface area contributed by atoms with Crippen molar-refractivity contribution in [2.24, 2.45) is 0 Å². The molecule has 1 saturated heterocycles. The Morgan fingerprint density at radius 2 is 1.54 bits per heavy atom. The van der Waals surface area contributed by atoms with E-state index in [9.17, 15) is 4.79 Å². The van der Waals surface area contributed by atoms with E-state index < -0.39 is 0 Å². The number of hydrogen-bond acceptors (Lipinski definition) is 4. The highest BCUT2D eigenvalue weighted by Gasteiger charge is 2.27. The van der Waals surface area contributed by atoms with Crippen LogP contribution >= 0.6 is 0 Å². The second-order valence-corrected chi connectivity index (χ2v) is 8.82. The third-order valence-electron chi connectivity index (χ3n) is 6.61. The van der Waals surface area contributed by atoms with Crippen molar-refractivity contribution >= 4 is 17.3 Å². The molecule has 1 amide bonds. The number of carbonyl (C=O) groups is 1. The van der Waals surface area contributed by atoms with Gasteiger partial charge in [0.05, 0.1) is 23.7 Å². The predicted octanol–water partition coefficient (Wildman–Crippen LogP) is 5.13. The van der Waals surface area contributed by atoms with Crippen molar-refractivity contribution in [3.8, 4) is 5.69 Å². The van der Waals surface area contributed by atoms with Crippen LogP contribution in [-0.2, 0) is 4.79 Å². The van der Waals surface area contributed by atoms with Crippen molar-refractivity contribution in [3.05, 3.63) is 109 Å². The lowest BCUT2D eigenvalue weighted by atomic mass is 9.96. The lowest BCUT2D eigenvalue weighted by Crippen LogP contribution is -2.48. The lowest BCUT2D eigenvalue weighted by Gasteiger charge is -2.41. The number of carbonyl (C=O) groups excluding carboxylic acids is 1. The maximum Gasteiger partial charge on any atom is 0.224 e. The van der Waals surface area contributed by atoms with Crippen LogP contribution < -0.4 is 10.2 Å². The molecule has 0 saturated carbocycles. The number of amides is 1. The zero-order valence-electron chi connectivity index (χ0n) is 20.0. The molecule has 1 aromatic heterocycles. The smallest absolute Gasteiger partial charge is 0.224 e. The van der Waals surface area contributed by atoms with Gasteiger partial charge in [-0.3, -0.25) is 9.69 Å². The summed E-state index contributed by atoms with van der Waals surface area (Å²) in [6, 6.07) is 27.9. The van der Waals surface area contributed by atoms with Crippen molar-refractivity contribution in [1.29, 1.82) is 0 Å². The van der Waals surface area contributed by atoms with Gasteiger partial charge in [0, 0.05) is 50.7 Å². The van der Waals surface area contributed by atoms with E-state index in [1.165, 1.54) is 11.1 Å². The van der Waals surface area contributed by atoms with E-state index in [1.54, 1.807) is 6.20 Å². The van der Waals surface area contributed by atoms with Crippen molar-refractivity contribution in [3.63, 3.8) is 0 Å². The van der Waals surface area contributed by atoms with Gasteiger partial charge < -0.3 is 14.8 Å². The minimum absolute atomic E-state index is 0.0183. The Bertz CT molecular complexity index is 1190. The Morgan fingerprint density at radius 3 is 2.11 bits per heavy atom. The van der Waals surface area contributed by atoms with Gasteiger partial charge in [-0.15, -0.1) is 0 Å². The molecule has 3 aromatic carbocycles. The molecule has 6 nitrogen and oxygen atoms in total. The number of anilines is 2. The van der Waals surface area contributed by atoms with E-state index in [4.69, 9.17) is 0 Å². The van der Waals surface area contributed by atoms with Gasteiger partial charge in [-0.05, 0) is 29.3 Å². The van der Waals surface area contributed by atoms with Crippen LogP contribution in [0.2, 0.25) is 0 Å². The monoisotopic (exact) mass is 465 g/mol. The molecule has 1 aliphatic rings. The van der Waals surface area contributed by atoms with Crippen LogP contribution in [0.4, 0.5) is 11.4 Å². The Labute approximate surface area is 206 Å². The second-order valence-electron chi connectivity index (χ2n) is 8.82. The zero-order valence-corrected chi connectivity index (χ0v) is 20.0. The number of nitrogens with zero attached hydrogens (tertiary/aromatic N) is 4. The molecular weight excluding hydrogens is 434 g/mol. The molecule has 5 rings (SSSR count). The van der Waals surface area contributed by atoms with Crippen molar-refractivity contribution in [1.82, 2.24) is 14.5 Å². The first-order valence-electron chi connectivity index (χ1n) is 12.2. The summed E-state index contributed by atoms with van der Waals surface area (Å²) < 4.78 is 2.03. The lowest BCUT2D eigenvalue weighted by molar-refractivity contribution is -0.115. The van der Waals surface area contributed by atoms with Gasteiger partial charge in [-0.2, -0.15) is 0 Å². The van der Waals surface area contributed by atoms with Gasteiger partial charge in [0.25, 0.3) is 0 Å². The summed E-state index contributed by atoms with van der Waals surface area (Å²) in [5.74, 6) is 0.0183. The fraction of sp³-hybridized carbons (Fsp3) is 0.241. The highest BCUT2D eigenvalue weighted by Crippen LogP contribution is 2.33. The van der Waals surface area contributed by atoms with Crippen LogP contribution in [0.5, 0.6) is 0 Å². The number of benzene rings is 3. The highest BCUT2D eigenvalue weighted by molar-refractivity contribution is 5.91. The average Bonchev–Trinajstić information content (AvgIpc) is 3.45. The molecule has 0 spiro atoms. The third-order valence-corrected chi connectivity index (χ3v) is 6.61. The van der Waals surface area contributed by atoms with Crippen LogP contribution in [0.25, 0.3) is 5.69 Å². The molecule has 2 heterocycles. The number of hydrogen-bond donors (Lipinski definition) is 1. The Kier molecular flexibility index (Phi) is 6.91. The first kappa shape index (κ1) is 22.9. The summed E-state index contributed by atoms with van der Waals surface area (Å²) >= 11 is 0. The van der Waals surface area contributed by atoms with Crippen LogP contribution in [0, 0.1) is 0 Å². The van der Waals surface area contributed by atoms with Crippen molar-refractivity contribution in [2.45, 2.75) is 19.4 Å². The molecule has 1 N–H and O–H groups in total. The molecule has 1 fully saturated rings. The summed E-state index contributed by atoms with van der Waals surface area (Å²) in [7, 11) is 0. The Balaban J connectivity index is 1.41. The summed E-state index contributed by atoms with van der Waals surface area (Å²) in [6.07, 6.45) is 6.02. The van der Waals surface area contributed by atoms with E-state index >= 15 is 0 Å². The van der Waals surface area contributed by atoms with E-state index in [2.05, 4.69) is 92.9 Å². The largest absolute Gasteiger partial charge is 0.367 e. The normalized spacial score (nSPS) is 14.3. The topological polar surface area (TPSA) is 53.4 Å². The number of nitrogens with one attached hydrogen (secondary N) is 1. The average molecular weight is 466 g/mol. The van der Waals surface area contributed by atoms with Crippen LogP contribution in [0.15, 0.2) is 97.6 Å². The Morgan fingerprint density at radius 1 is 0.886 bits per heavy atom. The van der Waals surface area contributed by atoms with Gasteiger partial charge in [-0.25, -0.2) is 4.98 Å². The number of imidazole rings is 1. The molecule has 4 aromatic rings. The predicted molar refractivity (Wildman–Crippen MR) is 141 cm³/mol. The molecule has 6 heteroatoms. The first-order valence-corrected chi connectivity index (χ1v) is 12.2. The van der Waals surface area contributed by atoms with Gasteiger partial charge in [0.1, 0.15) is 0 Å². The van der Waals surface area contributed by atoms with E-state index in [0.29, 0.717) is 6.42 Å². The van der Waals surface area contributed by atoms with Crippen molar-refractivity contribution < 1.29 is 4.79 Å². The summed E-state index contributed by atoms with van der Waals surface area (Å²) in [5.41, 5.74) is 5.62. The summed E-state index contributed by atoms with van der Waals surface area (Å²) in [6.45, 7) is 5.52. The quantitative estimate of drug-likeness (QED) is 0.411. The molecule has 0 atom stereocenters. The van der Waals surface area contributed by atoms with Crippen molar-refractivity contribution in [2.75, 3.05) is 36.4 Å². The molecule has 35 heavy (non-hydrogen) atoms. The third kappa shape index (κ3) is 5.12. The fourth-order valence-corrected chi connectivity index (χ4v) is 4.83. The van der Waals surface area contributed by atoms with Crippen LogP contribution in [0.1, 0.15) is 30.5 Å². The molecule has 178 valence electrons. The maximum atomic E-state index is 12.0. The number of aromatic nitrogens is 2. The number of rotatable bonds is 7. The molecule has 0 unspecified atom stereocenters. The minimum atomic E-state index is 0.0183. The van der Waals surface area contributed by atoms with Gasteiger partial charge in [0.15, 0.2) is 0 Å². The molecule has 0 radical (unpaired) electrons. The SMILES string of the molecule is CCC(=O)Nc1ccc(-n2ccnc2)c(N2CCN(C(c3ccccc3)c3ccccc3)CC2)c1. The molecule has 0 aliphatic carbocycles. The zero-order chi connectivity index (χ0) is 24.0. The van der Waals surface area contributed by atoms with Gasteiger partial charge >= 0.3 is 0 Å². The van der Waals surface area contributed by atoms with E-state index in [0.717, 1.165) is 43.2 Å². The molecule has 1 aliphatic heterocycles. The molecule has 0 bridgehead atoms. The second kappa shape index (κ2) is 10.6.